The van der Waals surface area contributed by atoms with Crippen molar-refractivity contribution in [3.05, 3.63) is 27.1 Å². The van der Waals surface area contributed by atoms with Crippen LogP contribution >= 0.6 is 22.7 Å². The fourth-order valence-corrected chi connectivity index (χ4v) is 6.40. The molecule has 0 bridgehead atoms. The Morgan fingerprint density at radius 1 is 1.17 bits per heavy atom. The molecule has 1 aliphatic carbocycles. The smallest absolute Gasteiger partial charge is 0.251 e. The molecule has 2 aliphatic rings. The van der Waals surface area contributed by atoms with E-state index in [1.807, 2.05) is 6.92 Å². The van der Waals surface area contributed by atoms with Gasteiger partial charge in [0.2, 0.25) is 5.91 Å². The normalized spacial score (nSPS) is 17.4. The van der Waals surface area contributed by atoms with Gasteiger partial charge < -0.3 is 20.9 Å². The number of aryl methyl sites for hydroxylation is 2. The zero-order chi connectivity index (χ0) is 21.1. The second-order valence-corrected chi connectivity index (χ2v) is 9.97. The topological polar surface area (TPSA) is 91.6 Å². The summed E-state index contributed by atoms with van der Waals surface area (Å²) in [7, 11) is 0. The van der Waals surface area contributed by atoms with Gasteiger partial charge in [-0.3, -0.25) is 9.59 Å². The van der Waals surface area contributed by atoms with Crippen LogP contribution < -0.4 is 16.0 Å². The van der Waals surface area contributed by atoms with E-state index in [1.54, 1.807) is 11.3 Å². The summed E-state index contributed by atoms with van der Waals surface area (Å²) < 4.78 is 0. The monoisotopic (exact) mass is 447 g/mol. The van der Waals surface area contributed by atoms with E-state index in [0.717, 1.165) is 74.7 Å². The summed E-state index contributed by atoms with van der Waals surface area (Å²) in [5.41, 5.74) is 8.29. The van der Waals surface area contributed by atoms with Crippen molar-refractivity contribution in [1.82, 2.24) is 9.88 Å². The predicted molar refractivity (Wildman–Crippen MR) is 123 cm³/mol. The van der Waals surface area contributed by atoms with Crippen molar-refractivity contribution in [2.24, 2.45) is 5.73 Å². The molecule has 3 heterocycles. The highest BCUT2D eigenvalue weighted by Gasteiger charge is 2.25. The molecule has 0 unspecified atom stereocenters. The lowest BCUT2D eigenvalue weighted by atomic mass is 9.95. The first-order valence-electron chi connectivity index (χ1n) is 10.6. The van der Waals surface area contributed by atoms with Gasteiger partial charge in [-0.2, -0.15) is 0 Å². The molecule has 0 radical (unpaired) electrons. The molecule has 2 aromatic heterocycles. The summed E-state index contributed by atoms with van der Waals surface area (Å²) in [4.78, 5) is 35.1. The lowest BCUT2D eigenvalue weighted by molar-refractivity contribution is -0.116. The van der Waals surface area contributed by atoms with Crippen LogP contribution in [0.2, 0.25) is 0 Å². The van der Waals surface area contributed by atoms with Gasteiger partial charge in [-0.05, 0) is 51.1 Å². The van der Waals surface area contributed by atoms with Crippen molar-refractivity contribution >= 4 is 44.6 Å². The molecule has 1 saturated heterocycles. The van der Waals surface area contributed by atoms with Gasteiger partial charge >= 0.3 is 0 Å². The lowest BCUT2D eigenvalue weighted by Crippen LogP contribution is -2.32. The Hall–Kier alpha value is -1.97. The van der Waals surface area contributed by atoms with E-state index in [0.29, 0.717) is 23.5 Å². The van der Waals surface area contributed by atoms with Gasteiger partial charge in [0.15, 0.2) is 5.13 Å². The minimum atomic E-state index is -0.435. The van der Waals surface area contributed by atoms with Crippen molar-refractivity contribution < 1.29 is 9.59 Å². The van der Waals surface area contributed by atoms with Crippen LogP contribution in [0.25, 0.3) is 0 Å². The van der Waals surface area contributed by atoms with E-state index in [4.69, 9.17) is 5.73 Å². The standard InChI is InChI=1S/C21H29N5O2S2/c1-14-13-29-21(23-14)26-9-4-8-25(11-12-26)10-7-17(27)24-20-18(19(22)28)15-5-2-3-6-16(15)30-20/h13H,2-12H2,1H3,(H2,22,28)(H,24,27). The summed E-state index contributed by atoms with van der Waals surface area (Å²) >= 11 is 3.22. The van der Waals surface area contributed by atoms with E-state index in [9.17, 15) is 9.59 Å². The highest BCUT2D eigenvalue weighted by atomic mass is 32.1. The number of nitrogens with one attached hydrogen (secondary N) is 1. The number of carbonyl (C=O) groups excluding carboxylic acids is 2. The molecule has 0 saturated carbocycles. The largest absolute Gasteiger partial charge is 0.365 e. The molecule has 9 heteroatoms. The summed E-state index contributed by atoms with van der Waals surface area (Å²) in [5.74, 6) is -0.484. The summed E-state index contributed by atoms with van der Waals surface area (Å²) in [5, 5.41) is 6.79. The predicted octanol–water partition coefficient (Wildman–Crippen LogP) is 3.03. The number of rotatable bonds is 6. The average Bonchev–Trinajstić information content (AvgIpc) is 3.22. The maximum Gasteiger partial charge on any atom is 0.251 e. The number of nitrogens with zero attached hydrogens (tertiary/aromatic N) is 3. The van der Waals surface area contributed by atoms with Gasteiger partial charge in [0.05, 0.1) is 11.3 Å². The Balaban J connectivity index is 1.31. The number of hydrogen-bond acceptors (Lipinski definition) is 7. The molecule has 3 N–H and O–H groups in total. The Labute approximate surface area is 185 Å². The number of anilines is 2. The number of thiophene rings is 1. The first kappa shape index (κ1) is 21.3. The minimum Gasteiger partial charge on any atom is -0.365 e. The molecular weight excluding hydrogens is 418 g/mol. The summed E-state index contributed by atoms with van der Waals surface area (Å²) in [6.45, 7) is 6.57. The fraction of sp³-hybridized carbons (Fsp3) is 0.571. The Kier molecular flexibility index (Phi) is 6.70. The van der Waals surface area contributed by atoms with Crippen LogP contribution in [-0.4, -0.2) is 54.4 Å². The Morgan fingerprint density at radius 3 is 2.77 bits per heavy atom. The molecule has 0 aromatic carbocycles. The van der Waals surface area contributed by atoms with Crippen molar-refractivity contribution in [2.45, 2.75) is 45.4 Å². The maximum atomic E-state index is 12.6. The first-order valence-corrected chi connectivity index (χ1v) is 12.3. The van der Waals surface area contributed by atoms with E-state index in [1.165, 1.54) is 16.2 Å². The molecule has 1 aliphatic heterocycles. The number of primary amides is 1. The molecule has 7 nitrogen and oxygen atoms in total. The molecule has 2 amide bonds. The van der Waals surface area contributed by atoms with Crippen LogP contribution in [0.4, 0.5) is 10.1 Å². The molecule has 162 valence electrons. The highest BCUT2D eigenvalue weighted by molar-refractivity contribution is 7.17. The third kappa shape index (κ3) is 4.84. The van der Waals surface area contributed by atoms with E-state index in [-0.39, 0.29) is 5.91 Å². The Bertz CT molecular complexity index is 923. The Morgan fingerprint density at radius 2 is 2.00 bits per heavy atom. The van der Waals surface area contributed by atoms with Gasteiger partial charge in [-0.15, -0.1) is 22.7 Å². The zero-order valence-corrected chi connectivity index (χ0v) is 19.0. The number of amides is 2. The number of aromatic nitrogens is 1. The summed E-state index contributed by atoms with van der Waals surface area (Å²) in [6, 6.07) is 0. The number of fused-ring (bicyclic) bond motifs is 1. The van der Waals surface area contributed by atoms with Gasteiger partial charge in [-0.25, -0.2) is 4.98 Å². The lowest BCUT2D eigenvalue weighted by Gasteiger charge is -2.21. The maximum absolute atomic E-state index is 12.6. The summed E-state index contributed by atoms with van der Waals surface area (Å²) in [6.07, 6.45) is 5.53. The van der Waals surface area contributed by atoms with Crippen LogP contribution in [-0.2, 0) is 17.6 Å². The number of nitrogens with two attached hydrogens (primary N) is 1. The fourth-order valence-electron chi connectivity index (χ4n) is 4.24. The molecule has 4 rings (SSSR count). The minimum absolute atomic E-state index is 0.0484. The van der Waals surface area contributed by atoms with E-state index >= 15 is 0 Å². The highest BCUT2D eigenvalue weighted by Crippen LogP contribution is 2.37. The van der Waals surface area contributed by atoms with Crippen molar-refractivity contribution in [3.63, 3.8) is 0 Å². The second kappa shape index (κ2) is 9.45. The molecular formula is C21H29N5O2S2. The molecule has 0 atom stereocenters. The zero-order valence-electron chi connectivity index (χ0n) is 17.4. The van der Waals surface area contributed by atoms with E-state index in [2.05, 4.69) is 25.5 Å². The van der Waals surface area contributed by atoms with Crippen LogP contribution in [0.3, 0.4) is 0 Å². The SMILES string of the molecule is Cc1csc(N2CCCN(CCC(=O)Nc3sc4c(c3C(N)=O)CCCC4)CC2)n1. The molecule has 0 spiro atoms. The number of carbonyl (C=O) groups is 2. The van der Waals surface area contributed by atoms with E-state index < -0.39 is 5.91 Å². The van der Waals surface area contributed by atoms with Crippen molar-refractivity contribution in [1.29, 1.82) is 0 Å². The second-order valence-electron chi connectivity index (χ2n) is 8.03. The van der Waals surface area contributed by atoms with Crippen LogP contribution in [0.1, 0.15) is 52.2 Å². The first-order chi connectivity index (χ1) is 14.5. The van der Waals surface area contributed by atoms with Crippen LogP contribution in [0.15, 0.2) is 5.38 Å². The molecule has 2 aromatic rings. The number of hydrogen-bond donors (Lipinski definition) is 2. The van der Waals surface area contributed by atoms with Crippen LogP contribution in [0, 0.1) is 6.92 Å². The van der Waals surface area contributed by atoms with Crippen molar-refractivity contribution in [3.8, 4) is 0 Å². The van der Waals surface area contributed by atoms with Gasteiger partial charge in [-0.1, -0.05) is 0 Å². The molecule has 1 fully saturated rings. The van der Waals surface area contributed by atoms with Crippen molar-refractivity contribution in [2.75, 3.05) is 42.9 Å². The van der Waals surface area contributed by atoms with Crippen LogP contribution in [0.5, 0.6) is 0 Å². The molecule has 30 heavy (non-hydrogen) atoms. The van der Waals surface area contributed by atoms with Gasteiger partial charge in [0.1, 0.15) is 5.00 Å². The van der Waals surface area contributed by atoms with Gasteiger partial charge in [0.25, 0.3) is 5.91 Å². The third-order valence-corrected chi connectivity index (χ3v) is 8.02. The van der Waals surface area contributed by atoms with Gasteiger partial charge in [0, 0.05) is 42.9 Å². The number of thiazole rings is 1. The average molecular weight is 448 g/mol. The third-order valence-electron chi connectivity index (χ3n) is 5.79. The quantitative estimate of drug-likeness (QED) is 0.710.